The fourth-order valence-electron chi connectivity index (χ4n) is 8.39. The van der Waals surface area contributed by atoms with Gasteiger partial charge in [0.05, 0.1) is 5.71 Å². The summed E-state index contributed by atoms with van der Waals surface area (Å²) in [5.41, 5.74) is 23.8. The Balaban J connectivity index is 0.000000198. The summed E-state index contributed by atoms with van der Waals surface area (Å²) in [6.07, 6.45) is 8.60. The van der Waals surface area contributed by atoms with Crippen LogP contribution in [-0.2, 0) is 12.8 Å². The Morgan fingerprint density at radius 3 is 1.87 bits per heavy atom. The van der Waals surface area contributed by atoms with E-state index in [2.05, 4.69) is 227 Å². The molecule has 2 nitrogen and oxygen atoms in total. The van der Waals surface area contributed by atoms with Crippen molar-refractivity contribution in [2.75, 3.05) is 5.32 Å². The molecule has 0 aromatic heterocycles. The molecule has 9 rings (SSSR count). The van der Waals surface area contributed by atoms with E-state index in [4.69, 9.17) is 4.99 Å². The minimum atomic E-state index is 0.782. The van der Waals surface area contributed by atoms with Crippen molar-refractivity contribution in [3.8, 4) is 33.4 Å². The number of hydrogen-bond acceptors (Lipinski definition) is 2. The molecule has 7 aromatic rings. The molecule has 2 aliphatic rings. The first-order valence-electron chi connectivity index (χ1n) is 21.1. The molecule has 0 atom stereocenters. The number of para-hydroxylation sites is 1. The van der Waals surface area contributed by atoms with E-state index in [9.17, 15) is 0 Å². The largest absolute Gasteiger partial charge is 0.356 e. The van der Waals surface area contributed by atoms with Crippen LogP contribution in [-0.4, -0.2) is 5.71 Å². The zero-order valence-corrected chi connectivity index (χ0v) is 35.7. The van der Waals surface area contributed by atoms with Crippen molar-refractivity contribution in [1.82, 2.24) is 0 Å². The predicted octanol–water partition coefficient (Wildman–Crippen LogP) is 15.5. The van der Waals surface area contributed by atoms with Crippen LogP contribution >= 0.6 is 0 Å². The van der Waals surface area contributed by atoms with Gasteiger partial charge in [-0.2, -0.15) is 0 Å². The van der Waals surface area contributed by atoms with Gasteiger partial charge in [-0.3, -0.25) is 4.99 Å². The molecule has 0 amide bonds. The van der Waals surface area contributed by atoms with Gasteiger partial charge in [0.15, 0.2) is 0 Å². The van der Waals surface area contributed by atoms with E-state index in [0.717, 1.165) is 41.2 Å². The molecule has 1 aliphatic heterocycles. The first-order chi connectivity index (χ1) is 29.7. The third-order valence-electron chi connectivity index (χ3n) is 11.6. The van der Waals surface area contributed by atoms with Crippen LogP contribution in [0.1, 0.15) is 59.7 Å². The van der Waals surface area contributed by atoms with Gasteiger partial charge >= 0.3 is 0 Å². The first-order valence-corrected chi connectivity index (χ1v) is 21.1. The molecule has 1 aliphatic carbocycles. The van der Waals surface area contributed by atoms with E-state index < -0.39 is 0 Å². The third-order valence-corrected chi connectivity index (χ3v) is 11.6. The SMILES string of the molecule is C=C(C)N=C(/C=C(\C)c1cccc2c1-c1ccccc1C2)c1cc(-c2ccccc2)cc(-c2ccccc2)c1.C=C1Nc2ccccc2C/C=C\C(c2ccccc2C)=C/1C. The van der Waals surface area contributed by atoms with Crippen LogP contribution in [0.2, 0.25) is 0 Å². The van der Waals surface area contributed by atoms with Gasteiger partial charge in [0.25, 0.3) is 0 Å². The lowest BCUT2D eigenvalue weighted by atomic mass is 9.91. The highest BCUT2D eigenvalue weighted by Crippen LogP contribution is 2.41. The normalized spacial score (nSPS) is 15.1. The molecule has 0 unspecified atom stereocenters. The van der Waals surface area contributed by atoms with Crippen LogP contribution in [0.4, 0.5) is 5.69 Å². The molecule has 1 N–H and O–H groups in total. The number of fused-ring (bicyclic) bond motifs is 4. The quantitative estimate of drug-likeness (QED) is 0.160. The first kappa shape index (κ1) is 40.5. The van der Waals surface area contributed by atoms with Gasteiger partial charge in [-0.25, -0.2) is 0 Å². The smallest absolute Gasteiger partial charge is 0.0708 e. The Labute approximate surface area is 362 Å². The molecule has 61 heavy (non-hydrogen) atoms. The molecule has 0 radical (unpaired) electrons. The zero-order chi connectivity index (χ0) is 42.3. The topological polar surface area (TPSA) is 24.4 Å². The summed E-state index contributed by atoms with van der Waals surface area (Å²) in [5, 5.41) is 3.48. The van der Waals surface area contributed by atoms with Crippen molar-refractivity contribution in [2.45, 2.75) is 40.5 Å². The summed E-state index contributed by atoms with van der Waals surface area (Å²) in [6.45, 7) is 16.8. The zero-order valence-electron chi connectivity index (χ0n) is 35.7. The second kappa shape index (κ2) is 18.3. The average Bonchev–Trinajstić information content (AvgIpc) is 3.69. The van der Waals surface area contributed by atoms with Gasteiger partial charge in [-0.1, -0.05) is 171 Å². The number of aryl methyl sites for hydroxylation is 1. The van der Waals surface area contributed by atoms with Crippen molar-refractivity contribution in [3.63, 3.8) is 0 Å². The standard InChI is InChI=1S/C38H31N.C21H21N/c1-26(2)39-37(21-27(3)35-20-12-18-31-22-30-17-10-11-19-36(30)38(31)35)34-24-32(28-13-6-4-7-14-28)23-33(25-34)29-15-8-5-9-16-29;1-15-9-4-6-12-19(15)20-13-8-11-18-10-5-7-14-21(18)22-17(3)16(20)2/h4-21,23-25H,1,22H2,2-3H3;4-10,12-14,22H,3,11H2,1-2H3/b27-21+,39-37?;13-8-,20-16+. The van der Waals surface area contributed by atoms with Crippen LogP contribution < -0.4 is 5.32 Å². The summed E-state index contributed by atoms with van der Waals surface area (Å²) in [7, 11) is 0. The Morgan fingerprint density at radius 1 is 0.607 bits per heavy atom. The number of nitrogens with zero attached hydrogens (tertiary/aromatic N) is 1. The molecule has 2 heteroatoms. The maximum absolute atomic E-state index is 4.97. The highest BCUT2D eigenvalue weighted by atomic mass is 14.9. The van der Waals surface area contributed by atoms with Gasteiger partial charge in [-0.15, -0.1) is 0 Å². The molecule has 0 spiro atoms. The van der Waals surface area contributed by atoms with Crippen molar-refractivity contribution in [3.05, 3.63) is 257 Å². The predicted molar refractivity (Wildman–Crippen MR) is 263 cm³/mol. The van der Waals surface area contributed by atoms with E-state index in [1.807, 2.05) is 6.92 Å². The molecule has 0 saturated heterocycles. The Morgan fingerprint density at radius 2 is 1.20 bits per heavy atom. The summed E-state index contributed by atoms with van der Waals surface area (Å²) >= 11 is 0. The van der Waals surface area contributed by atoms with E-state index in [-0.39, 0.29) is 0 Å². The third kappa shape index (κ3) is 9.15. The molecule has 1 heterocycles. The highest BCUT2D eigenvalue weighted by molar-refractivity contribution is 6.14. The number of hydrogen-bond donors (Lipinski definition) is 1. The van der Waals surface area contributed by atoms with E-state index >= 15 is 0 Å². The number of nitrogens with one attached hydrogen (secondary N) is 1. The van der Waals surface area contributed by atoms with E-state index in [1.165, 1.54) is 83.5 Å². The van der Waals surface area contributed by atoms with Crippen molar-refractivity contribution in [1.29, 1.82) is 0 Å². The highest BCUT2D eigenvalue weighted by Gasteiger charge is 2.22. The lowest BCUT2D eigenvalue weighted by Crippen LogP contribution is -2.03. The molecular weight excluding hydrogens is 737 g/mol. The van der Waals surface area contributed by atoms with Crippen LogP contribution in [0.5, 0.6) is 0 Å². The van der Waals surface area contributed by atoms with Crippen LogP contribution in [0.25, 0.3) is 44.5 Å². The maximum atomic E-state index is 4.97. The Hall–Kier alpha value is -7.29. The average molecular weight is 789 g/mol. The molecule has 0 saturated carbocycles. The number of anilines is 1. The molecular formula is C59H52N2. The number of benzene rings is 7. The maximum Gasteiger partial charge on any atom is 0.0708 e. The van der Waals surface area contributed by atoms with Crippen LogP contribution in [0.3, 0.4) is 0 Å². The van der Waals surface area contributed by atoms with E-state index in [1.54, 1.807) is 0 Å². The van der Waals surface area contributed by atoms with Crippen molar-refractivity contribution in [2.24, 2.45) is 4.99 Å². The van der Waals surface area contributed by atoms with E-state index in [0.29, 0.717) is 0 Å². The van der Waals surface area contributed by atoms with Gasteiger partial charge in [0.2, 0.25) is 0 Å². The second-order valence-electron chi connectivity index (χ2n) is 16.0. The number of rotatable bonds is 7. The molecule has 0 fully saturated rings. The lowest BCUT2D eigenvalue weighted by molar-refractivity contribution is 1.26. The number of aliphatic imine (C=N–C) groups is 1. The Bertz CT molecular complexity index is 2830. The molecule has 7 aromatic carbocycles. The molecule has 0 bridgehead atoms. The van der Waals surface area contributed by atoms with Gasteiger partial charge in [0, 0.05) is 22.6 Å². The van der Waals surface area contributed by atoms with Crippen LogP contribution in [0, 0.1) is 6.92 Å². The monoisotopic (exact) mass is 788 g/mol. The summed E-state index contributed by atoms with van der Waals surface area (Å²) in [5.74, 6) is 0. The van der Waals surface area contributed by atoms with Crippen molar-refractivity contribution < 1.29 is 0 Å². The Kier molecular flexibility index (Phi) is 12.2. The van der Waals surface area contributed by atoms with Gasteiger partial charge in [-0.05, 0) is 154 Å². The molecule has 298 valence electrons. The fourth-order valence-corrected chi connectivity index (χ4v) is 8.39. The summed E-state index contributed by atoms with van der Waals surface area (Å²) in [4.78, 5) is 4.97. The van der Waals surface area contributed by atoms with Crippen molar-refractivity contribution >= 4 is 22.5 Å². The van der Waals surface area contributed by atoms with Gasteiger partial charge in [0.1, 0.15) is 0 Å². The summed E-state index contributed by atoms with van der Waals surface area (Å²) in [6, 6.07) is 60.2. The van der Waals surface area contributed by atoms with Gasteiger partial charge < -0.3 is 5.32 Å². The second-order valence-corrected chi connectivity index (χ2v) is 16.0. The number of allylic oxidation sites excluding steroid dienone is 7. The minimum Gasteiger partial charge on any atom is -0.356 e. The summed E-state index contributed by atoms with van der Waals surface area (Å²) < 4.78 is 0. The van der Waals surface area contributed by atoms with Crippen LogP contribution in [0.15, 0.2) is 223 Å². The minimum absolute atomic E-state index is 0.782. The fraction of sp³-hybridized carbons (Fsp3) is 0.102. The lowest BCUT2D eigenvalue weighted by Gasteiger charge is -2.16.